The molecule has 1 aliphatic heterocycles. The van der Waals surface area contributed by atoms with Gasteiger partial charge in [-0.2, -0.15) is 5.10 Å². The average Bonchev–Trinajstić information content (AvgIpc) is 3.34. The first-order valence-corrected chi connectivity index (χ1v) is 12.7. The lowest BCUT2D eigenvalue weighted by molar-refractivity contribution is -0.384. The number of nitrogens with zero attached hydrogens (tertiary/aromatic N) is 3. The van der Waals surface area contributed by atoms with E-state index in [1.165, 1.54) is 24.3 Å². The van der Waals surface area contributed by atoms with Gasteiger partial charge >= 0.3 is 0 Å². The van der Waals surface area contributed by atoms with Crippen molar-refractivity contribution in [3.63, 3.8) is 0 Å². The molecule has 4 aromatic rings. The number of nitro groups is 1. The molecule has 0 saturated carbocycles. The Morgan fingerprint density at radius 3 is 1.97 bits per heavy atom. The summed E-state index contributed by atoms with van der Waals surface area (Å²) in [5.41, 5.74) is 5.59. The molecule has 2 N–H and O–H groups in total. The van der Waals surface area contributed by atoms with E-state index in [1.807, 2.05) is 35.3 Å². The molecule has 0 amide bonds. The molecule has 8 nitrogen and oxygen atoms in total. The zero-order valence-electron chi connectivity index (χ0n) is 19.1. The van der Waals surface area contributed by atoms with E-state index in [1.54, 1.807) is 24.3 Å². The highest BCUT2D eigenvalue weighted by atomic mass is 32.2. The number of nitro benzene ring substituents is 1. The molecule has 1 aliphatic rings. The zero-order chi connectivity index (χ0) is 25.3. The minimum Gasteiger partial charge on any atom is -0.258 e. The van der Waals surface area contributed by atoms with Crippen LogP contribution in [0.3, 0.4) is 0 Å². The van der Waals surface area contributed by atoms with Gasteiger partial charge in [-0.25, -0.2) is 13.6 Å². The third kappa shape index (κ3) is 4.74. The molecule has 4 aromatic carbocycles. The Bertz CT molecular complexity index is 1530. The van der Waals surface area contributed by atoms with Gasteiger partial charge in [0.15, 0.2) is 0 Å². The number of primary sulfonamides is 1. The number of hydrogen-bond donors (Lipinski definition) is 1. The molecule has 0 aromatic heterocycles. The summed E-state index contributed by atoms with van der Waals surface area (Å²) in [6.07, 6.45) is 0.569. The lowest BCUT2D eigenvalue weighted by Gasteiger charge is -2.24. The normalized spacial score (nSPS) is 15.5. The Hall–Kier alpha value is -4.34. The Balaban J connectivity index is 1.50. The van der Waals surface area contributed by atoms with Crippen LogP contribution in [0.25, 0.3) is 11.1 Å². The lowest BCUT2D eigenvalue weighted by atomic mass is 9.96. The first-order valence-electron chi connectivity index (χ1n) is 11.2. The van der Waals surface area contributed by atoms with Crippen molar-refractivity contribution in [2.45, 2.75) is 17.4 Å². The molecule has 0 radical (unpaired) electrons. The summed E-state index contributed by atoms with van der Waals surface area (Å²) in [5, 5.41) is 23.0. The summed E-state index contributed by atoms with van der Waals surface area (Å²) in [6.45, 7) is 0. The first-order chi connectivity index (χ1) is 17.3. The highest BCUT2D eigenvalue weighted by molar-refractivity contribution is 7.89. The van der Waals surface area contributed by atoms with Gasteiger partial charge in [-0.3, -0.25) is 15.1 Å². The number of non-ortho nitro benzene ring substituents is 1. The fraction of sp³-hybridized carbons (Fsp3) is 0.0741. The van der Waals surface area contributed by atoms with Gasteiger partial charge in [-0.05, 0) is 46.5 Å². The van der Waals surface area contributed by atoms with Gasteiger partial charge in [-0.1, -0.05) is 66.7 Å². The molecule has 1 atom stereocenters. The molecule has 0 fully saturated rings. The molecule has 1 heterocycles. The van der Waals surface area contributed by atoms with Crippen molar-refractivity contribution < 1.29 is 13.3 Å². The molecule has 0 saturated heterocycles. The zero-order valence-corrected chi connectivity index (χ0v) is 19.9. The van der Waals surface area contributed by atoms with Gasteiger partial charge < -0.3 is 0 Å². The molecule has 0 spiro atoms. The van der Waals surface area contributed by atoms with Gasteiger partial charge in [-0.15, -0.1) is 0 Å². The fourth-order valence-corrected chi connectivity index (χ4v) is 4.79. The van der Waals surface area contributed by atoms with Gasteiger partial charge in [0.05, 0.1) is 27.3 Å². The van der Waals surface area contributed by atoms with Crippen LogP contribution in [0.4, 0.5) is 11.4 Å². The lowest BCUT2D eigenvalue weighted by Crippen LogP contribution is -2.19. The monoisotopic (exact) mass is 498 g/mol. The molecule has 5 rings (SSSR count). The van der Waals surface area contributed by atoms with Crippen LogP contribution in [-0.2, 0) is 10.0 Å². The molecule has 180 valence electrons. The van der Waals surface area contributed by atoms with E-state index in [9.17, 15) is 18.5 Å². The van der Waals surface area contributed by atoms with E-state index < -0.39 is 14.9 Å². The minimum absolute atomic E-state index is 0.0121. The summed E-state index contributed by atoms with van der Waals surface area (Å²) in [5.74, 6) is 0. The molecule has 0 aliphatic carbocycles. The third-order valence-electron chi connectivity index (χ3n) is 6.15. The molecule has 1 unspecified atom stereocenters. The molecule has 36 heavy (non-hydrogen) atoms. The van der Waals surface area contributed by atoms with Gasteiger partial charge in [0.2, 0.25) is 10.0 Å². The SMILES string of the molecule is NS(=O)(=O)c1ccc(N2N=C(c3ccc(-c4ccccc4)cc3)CC2c2ccc([N+](=O)[O-])cc2)cc1. The maximum absolute atomic E-state index is 11.7. The quantitative estimate of drug-likeness (QED) is 0.287. The Kier molecular flexibility index (Phi) is 6.09. The molecular weight excluding hydrogens is 476 g/mol. The number of rotatable bonds is 6. The number of nitrogens with two attached hydrogens (primary N) is 1. The van der Waals surface area contributed by atoms with Crippen LogP contribution in [0.2, 0.25) is 0 Å². The third-order valence-corrected chi connectivity index (χ3v) is 7.08. The first kappa shape index (κ1) is 23.4. The smallest absolute Gasteiger partial charge is 0.258 e. The van der Waals surface area contributed by atoms with E-state index in [0.717, 1.165) is 28.0 Å². The highest BCUT2D eigenvalue weighted by Crippen LogP contribution is 2.37. The summed E-state index contributed by atoms with van der Waals surface area (Å²) < 4.78 is 23.4. The highest BCUT2D eigenvalue weighted by Gasteiger charge is 2.30. The van der Waals surface area contributed by atoms with Crippen LogP contribution < -0.4 is 10.1 Å². The summed E-state index contributed by atoms with van der Waals surface area (Å²) in [7, 11) is -3.82. The van der Waals surface area contributed by atoms with E-state index in [0.29, 0.717) is 12.1 Å². The van der Waals surface area contributed by atoms with E-state index >= 15 is 0 Å². The second kappa shape index (κ2) is 9.37. The van der Waals surface area contributed by atoms with Gasteiger partial charge in [0.1, 0.15) is 0 Å². The molecule has 0 bridgehead atoms. The van der Waals surface area contributed by atoms with Crippen molar-refractivity contribution in [2.75, 3.05) is 5.01 Å². The van der Waals surface area contributed by atoms with Crippen molar-refractivity contribution in [1.29, 1.82) is 0 Å². The van der Waals surface area contributed by atoms with Crippen molar-refractivity contribution >= 4 is 27.1 Å². The predicted molar refractivity (Wildman–Crippen MR) is 139 cm³/mol. The van der Waals surface area contributed by atoms with Crippen LogP contribution in [0.15, 0.2) is 113 Å². The summed E-state index contributed by atoms with van der Waals surface area (Å²) >= 11 is 0. The number of sulfonamides is 1. The van der Waals surface area contributed by atoms with Crippen LogP contribution in [0.1, 0.15) is 23.6 Å². The minimum atomic E-state index is -3.82. The summed E-state index contributed by atoms with van der Waals surface area (Å²) in [4.78, 5) is 10.7. The number of benzene rings is 4. The average molecular weight is 499 g/mol. The Morgan fingerprint density at radius 2 is 1.39 bits per heavy atom. The summed E-state index contributed by atoms with van der Waals surface area (Å²) in [6, 6.07) is 30.6. The van der Waals surface area contributed by atoms with Crippen LogP contribution >= 0.6 is 0 Å². The van der Waals surface area contributed by atoms with E-state index in [4.69, 9.17) is 10.2 Å². The van der Waals surface area contributed by atoms with Gasteiger partial charge in [0.25, 0.3) is 5.69 Å². The number of hydrogen-bond acceptors (Lipinski definition) is 6. The Labute approximate surface area is 208 Å². The number of hydrazone groups is 1. The Morgan fingerprint density at radius 1 is 0.806 bits per heavy atom. The standard InChI is InChI=1S/C27H22N4O4S/c28-36(34,35)25-16-14-23(15-17-25)30-27(22-10-12-24(13-11-22)31(32)33)18-26(29-30)21-8-6-20(7-9-21)19-4-2-1-3-5-19/h1-17,27H,18H2,(H2,28,34,35). The predicted octanol–water partition coefficient (Wildman–Crippen LogP) is 5.26. The molecular formula is C27H22N4O4S. The molecule has 9 heteroatoms. The second-order valence-electron chi connectivity index (χ2n) is 8.44. The van der Waals surface area contributed by atoms with Gasteiger partial charge in [0, 0.05) is 18.6 Å². The van der Waals surface area contributed by atoms with Crippen molar-refractivity contribution in [1.82, 2.24) is 0 Å². The largest absolute Gasteiger partial charge is 0.269 e. The van der Waals surface area contributed by atoms with E-state index in [2.05, 4.69) is 24.3 Å². The van der Waals surface area contributed by atoms with Crippen molar-refractivity contribution in [3.05, 3.63) is 124 Å². The van der Waals surface area contributed by atoms with Crippen molar-refractivity contribution in [2.24, 2.45) is 10.2 Å². The fourth-order valence-electron chi connectivity index (χ4n) is 4.27. The number of anilines is 1. The van der Waals surface area contributed by atoms with Crippen LogP contribution in [-0.4, -0.2) is 19.1 Å². The maximum Gasteiger partial charge on any atom is 0.269 e. The van der Waals surface area contributed by atoms with Crippen molar-refractivity contribution in [3.8, 4) is 11.1 Å². The van der Waals surface area contributed by atoms with E-state index in [-0.39, 0.29) is 16.6 Å². The topological polar surface area (TPSA) is 119 Å². The van der Waals surface area contributed by atoms with Crippen LogP contribution in [0, 0.1) is 10.1 Å². The van der Waals surface area contributed by atoms with Crippen LogP contribution in [0.5, 0.6) is 0 Å². The second-order valence-corrected chi connectivity index (χ2v) is 10.0. The maximum atomic E-state index is 11.7.